The van der Waals surface area contributed by atoms with Crippen molar-refractivity contribution in [3.8, 4) is 11.7 Å². The molecule has 3 aromatic rings. The summed E-state index contributed by atoms with van der Waals surface area (Å²) in [7, 11) is 0. The Morgan fingerprint density at radius 2 is 2.04 bits per heavy atom. The Morgan fingerprint density at radius 3 is 2.64 bits per heavy atom. The number of aromatic nitrogens is 3. The number of hydrogen-bond donors (Lipinski definition) is 1. The lowest BCUT2D eigenvalue weighted by Crippen LogP contribution is -2.24. The van der Waals surface area contributed by atoms with Crippen LogP contribution in [0.5, 0.6) is 5.88 Å². The van der Waals surface area contributed by atoms with Crippen LogP contribution in [0.3, 0.4) is 0 Å². The SMILES string of the molecule is Cc1nc(OCc2ccc(F)cc2F)c(Br)c(=O)n1-c1ccc(C(=O)O)cn1. The first kappa shape index (κ1) is 19.6. The molecule has 1 N–H and O–H groups in total. The second-order valence-corrected chi connectivity index (χ2v) is 6.45. The van der Waals surface area contributed by atoms with E-state index in [1.807, 2.05) is 0 Å². The first-order valence-corrected chi connectivity index (χ1v) is 8.63. The quantitative estimate of drug-likeness (QED) is 0.639. The van der Waals surface area contributed by atoms with Gasteiger partial charge in [0.05, 0.1) is 5.56 Å². The number of aromatic carboxylic acids is 1. The highest BCUT2D eigenvalue weighted by Crippen LogP contribution is 2.22. The number of pyridine rings is 1. The molecule has 0 spiro atoms. The molecule has 1 aromatic carbocycles. The van der Waals surface area contributed by atoms with Gasteiger partial charge in [0.1, 0.15) is 34.4 Å². The number of hydrogen-bond acceptors (Lipinski definition) is 5. The van der Waals surface area contributed by atoms with Crippen LogP contribution in [-0.2, 0) is 6.61 Å². The molecule has 0 atom stereocenters. The van der Waals surface area contributed by atoms with Gasteiger partial charge < -0.3 is 9.84 Å². The van der Waals surface area contributed by atoms with Crippen molar-refractivity contribution in [3.63, 3.8) is 0 Å². The molecule has 0 saturated heterocycles. The minimum Gasteiger partial charge on any atom is -0.478 e. The van der Waals surface area contributed by atoms with Gasteiger partial charge in [0.15, 0.2) is 0 Å². The van der Waals surface area contributed by atoms with Crippen molar-refractivity contribution in [1.82, 2.24) is 14.5 Å². The molecule has 0 unspecified atom stereocenters. The summed E-state index contributed by atoms with van der Waals surface area (Å²) in [5.41, 5.74) is -0.469. The Hall–Kier alpha value is -3.14. The molecular weight excluding hydrogens is 440 g/mol. The summed E-state index contributed by atoms with van der Waals surface area (Å²) in [5, 5.41) is 8.93. The van der Waals surface area contributed by atoms with Gasteiger partial charge in [-0.05, 0) is 47.1 Å². The normalized spacial score (nSPS) is 10.7. The van der Waals surface area contributed by atoms with Crippen molar-refractivity contribution in [2.75, 3.05) is 0 Å². The Balaban J connectivity index is 1.91. The number of aryl methyl sites for hydroxylation is 1. The van der Waals surface area contributed by atoms with Crippen LogP contribution in [0.25, 0.3) is 5.82 Å². The first-order chi connectivity index (χ1) is 13.3. The standard InChI is InChI=1S/C18H12BrF2N3O4/c1-9-23-16(28-8-11-2-4-12(20)6-13(11)21)15(19)17(25)24(9)14-5-3-10(7-22-14)18(26)27/h2-7H,8H2,1H3,(H,26,27). The predicted molar refractivity (Wildman–Crippen MR) is 97.7 cm³/mol. The summed E-state index contributed by atoms with van der Waals surface area (Å²) in [4.78, 5) is 31.7. The lowest BCUT2D eigenvalue weighted by atomic mass is 10.2. The fourth-order valence-corrected chi connectivity index (χ4v) is 2.76. The van der Waals surface area contributed by atoms with Gasteiger partial charge in [0.25, 0.3) is 5.56 Å². The van der Waals surface area contributed by atoms with Crippen LogP contribution < -0.4 is 10.3 Å². The van der Waals surface area contributed by atoms with Crippen LogP contribution in [0.4, 0.5) is 8.78 Å². The topological polar surface area (TPSA) is 94.3 Å². The largest absolute Gasteiger partial charge is 0.478 e. The third-order valence-electron chi connectivity index (χ3n) is 3.77. The van der Waals surface area contributed by atoms with Gasteiger partial charge in [-0.2, -0.15) is 4.98 Å². The van der Waals surface area contributed by atoms with Gasteiger partial charge in [0.2, 0.25) is 5.88 Å². The van der Waals surface area contributed by atoms with Crippen LogP contribution in [0.2, 0.25) is 0 Å². The number of rotatable bonds is 5. The van der Waals surface area contributed by atoms with Gasteiger partial charge in [-0.3, -0.25) is 4.79 Å². The number of benzene rings is 1. The zero-order chi connectivity index (χ0) is 20.4. The average Bonchev–Trinajstić information content (AvgIpc) is 2.65. The zero-order valence-electron chi connectivity index (χ0n) is 14.3. The monoisotopic (exact) mass is 451 g/mol. The van der Waals surface area contributed by atoms with Gasteiger partial charge in [-0.15, -0.1) is 0 Å². The number of halogens is 3. The molecular formula is C18H12BrF2N3O4. The molecule has 10 heteroatoms. The fourth-order valence-electron chi connectivity index (χ4n) is 2.38. The van der Waals surface area contributed by atoms with E-state index in [-0.39, 0.29) is 39.7 Å². The lowest BCUT2D eigenvalue weighted by molar-refractivity contribution is 0.0696. The predicted octanol–water partition coefficient (Wildman–Crippen LogP) is 3.25. The summed E-state index contributed by atoms with van der Waals surface area (Å²) in [6.45, 7) is 1.28. The van der Waals surface area contributed by atoms with E-state index in [4.69, 9.17) is 9.84 Å². The number of carbonyl (C=O) groups is 1. The van der Waals surface area contributed by atoms with E-state index in [0.717, 1.165) is 18.3 Å². The van der Waals surface area contributed by atoms with E-state index in [1.165, 1.54) is 29.7 Å². The molecule has 0 bridgehead atoms. The van der Waals surface area contributed by atoms with E-state index in [0.29, 0.717) is 0 Å². The summed E-state index contributed by atoms with van der Waals surface area (Å²) < 4.78 is 33.3. The summed E-state index contributed by atoms with van der Waals surface area (Å²) in [5.74, 6) is -2.29. The Bertz CT molecular complexity index is 1120. The Morgan fingerprint density at radius 1 is 1.29 bits per heavy atom. The third-order valence-corrected chi connectivity index (χ3v) is 4.45. The molecule has 28 heavy (non-hydrogen) atoms. The van der Waals surface area contributed by atoms with Gasteiger partial charge in [0, 0.05) is 17.8 Å². The van der Waals surface area contributed by atoms with Crippen LogP contribution in [0.1, 0.15) is 21.7 Å². The highest BCUT2D eigenvalue weighted by molar-refractivity contribution is 9.10. The molecule has 144 valence electrons. The molecule has 0 aliphatic rings. The van der Waals surface area contributed by atoms with Crippen molar-refractivity contribution in [2.24, 2.45) is 0 Å². The maximum absolute atomic E-state index is 13.7. The molecule has 2 aromatic heterocycles. The summed E-state index contributed by atoms with van der Waals surface area (Å²) >= 11 is 3.11. The van der Waals surface area contributed by atoms with Crippen molar-refractivity contribution in [2.45, 2.75) is 13.5 Å². The zero-order valence-corrected chi connectivity index (χ0v) is 15.9. The second-order valence-electron chi connectivity index (χ2n) is 5.65. The van der Waals surface area contributed by atoms with Crippen molar-refractivity contribution < 1.29 is 23.4 Å². The number of ether oxygens (including phenoxy) is 1. The smallest absolute Gasteiger partial charge is 0.337 e. The molecule has 0 aliphatic carbocycles. The van der Waals surface area contributed by atoms with Crippen molar-refractivity contribution in [1.29, 1.82) is 0 Å². The van der Waals surface area contributed by atoms with Crippen LogP contribution >= 0.6 is 15.9 Å². The first-order valence-electron chi connectivity index (χ1n) is 7.83. The second kappa shape index (κ2) is 7.85. The van der Waals surface area contributed by atoms with E-state index in [1.54, 1.807) is 0 Å². The number of carboxylic acid groups (broad SMARTS) is 1. The number of carboxylic acids is 1. The average molecular weight is 452 g/mol. The molecule has 7 nitrogen and oxygen atoms in total. The lowest BCUT2D eigenvalue weighted by Gasteiger charge is -2.13. The Labute approximate surface area is 165 Å². The van der Waals surface area contributed by atoms with Crippen LogP contribution in [0.15, 0.2) is 45.8 Å². The van der Waals surface area contributed by atoms with Crippen molar-refractivity contribution >= 4 is 21.9 Å². The van der Waals surface area contributed by atoms with Crippen molar-refractivity contribution in [3.05, 3.63) is 79.9 Å². The van der Waals surface area contributed by atoms with Gasteiger partial charge in [-0.1, -0.05) is 0 Å². The Kier molecular flexibility index (Phi) is 5.50. The molecule has 2 heterocycles. The molecule has 0 radical (unpaired) electrons. The summed E-state index contributed by atoms with van der Waals surface area (Å²) in [6, 6.07) is 5.75. The third kappa shape index (κ3) is 3.91. The molecule has 3 rings (SSSR count). The highest BCUT2D eigenvalue weighted by atomic mass is 79.9. The van der Waals surface area contributed by atoms with Crippen LogP contribution in [0, 0.1) is 18.6 Å². The maximum Gasteiger partial charge on any atom is 0.337 e. The van der Waals surface area contributed by atoms with E-state index in [9.17, 15) is 18.4 Å². The van der Waals surface area contributed by atoms with E-state index >= 15 is 0 Å². The van der Waals surface area contributed by atoms with Crippen LogP contribution in [-0.4, -0.2) is 25.6 Å². The van der Waals surface area contributed by atoms with Gasteiger partial charge in [-0.25, -0.2) is 23.1 Å². The van der Waals surface area contributed by atoms with E-state index in [2.05, 4.69) is 25.9 Å². The minimum atomic E-state index is -1.14. The summed E-state index contributed by atoms with van der Waals surface area (Å²) in [6.07, 6.45) is 1.12. The van der Waals surface area contributed by atoms with Gasteiger partial charge >= 0.3 is 5.97 Å². The highest BCUT2D eigenvalue weighted by Gasteiger charge is 2.17. The van der Waals surface area contributed by atoms with E-state index < -0.39 is 23.2 Å². The molecule has 0 saturated carbocycles. The minimum absolute atomic E-state index is 0.0234. The molecule has 0 fully saturated rings. The number of nitrogens with zero attached hydrogens (tertiary/aromatic N) is 3. The molecule has 0 aliphatic heterocycles. The maximum atomic E-state index is 13.7. The fraction of sp³-hybridized carbons (Fsp3) is 0.111. The molecule has 0 amide bonds.